The van der Waals surface area contributed by atoms with Gasteiger partial charge in [-0.25, -0.2) is 0 Å². The largest absolute Gasteiger partial charge is 0.507 e. The summed E-state index contributed by atoms with van der Waals surface area (Å²) < 4.78 is 0. The van der Waals surface area contributed by atoms with E-state index in [2.05, 4.69) is 9.98 Å². The second-order valence-electron chi connectivity index (χ2n) is 6.95. The van der Waals surface area contributed by atoms with Crippen molar-refractivity contribution in [2.24, 2.45) is 9.98 Å². The number of phenols is 2. The summed E-state index contributed by atoms with van der Waals surface area (Å²) in [5.74, 6) is 1.12. The Kier molecular flexibility index (Phi) is 6.96. The second kappa shape index (κ2) is 9.18. The molecular formula is C22H28N2O2. The molecule has 26 heavy (non-hydrogen) atoms. The van der Waals surface area contributed by atoms with Gasteiger partial charge in [0.1, 0.15) is 11.5 Å². The lowest BCUT2D eigenvalue weighted by atomic mass is 9.99. The number of phenolic OH excluding ortho intramolecular Hbond substituents is 2. The molecule has 0 aliphatic heterocycles. The average Bonchev–Trinajstić information content (AvgIpc) is 2.60. The highest BCUT2D eigenvalue weighted by atomic mass is 16.3. The third-order valence-electron chi connectivity index (χ3n) is 4.26. The normalized spacial score (nSPS) is 12.1. The summed E-state index contributed by atoms with van der Waals surface area (Å²) in [5.41, 5.74) is 3.30. The van der Waals surface area contributed by atoms with Crippen LogP contribution in [0.5, 0.6) is 11.5 Å². The SMILES string of the molecule is CC(C)c1cccc(C=NCCN=Cc2cccc(C(C)C)c2O)c1O. The van der Waals surface area contributed by atoms with Crippen molar-refractivity contribution in [3.8, 4) is 11.5 Å². The fraction of sp³-hybridized carbons (Fsp3) is 0.364. The first kappa shape index (κ1) is 19.7. The van der Waals surface area contributed by atoms with Crippen LogP contribution in [-0.2, 0) is 0 Å². The molecule has 0 amide bonds. The van der Waals surface area contributed by atoms with Crippen molar-refractivity contribution in [3.05, 3.63) is 58.7 Å². The molecule has 0 fully saturated rings. The number of hydrogen-bond donors (Lipinski definition) is 2. The van der Waals surface area contributed by atoms with Gasteiger partial charge in [-0.2, -0.15) is 0 Å². The zero-order chi connectivity index (χ0) is 19.1. The van der Waals surface area contributed by atoms with Crippen molar-refractivity contribution in [2.45, 2.75) is 39.5 Å². The number of para-hydroxylation sites is 2. The van der Waals surface area contributed by atoms with Gasteiger partial charge in [-0.05, 0) is 35.1 Å². The molecule has 0 aliphatic carbocycles. The Hall–Kier alpha value is -2.62. The molecule has 2 N–H and O–H groups in total. The topological polar surface area (TPSA) is 65.2 Å². The van der Waals surface area contributed by atoms with Crippen LogP contribution in [-0.4, -0.2) is 35.7 Å². The molecule has 0 radical (unpaired) electrons. The van der Waals surface area contributed by atoms with Crippen molar-refractivity contribution in [2.75, 3.05) is 13.1 Å². The van der Waals surface area contributed by atoms with E-state index in [4.69, 9.17) is 0 Å². The third kappa shape index (κ3) is 4.94. The molecular weight excluding hydrogens is 324 g/mol. The molecule has 138 valence electrons. The molecule has 0 aromatic heterocycles. The third-order valence-corrected chi connectivity index (χ3v) is 4.26. The van der Waals surface area contributed by atoms with Crippen LogP contribution in [0.2, 0.25) is 0 Å². The zero-order valence-electron chi connectivity index (χ0n) is 16.0. The number of hydrogen-bond acceptors (Lipinski definition) is 4. The van der Waals surface area contributed by atoms with Crippen LogP contribution in [0.15, 0.2) is 46.4 Å². The van der Waals surface area contributed by atoms with Crippen molar-refractivity contribution in [1.82, 2.24) is 0 Å². The Bertz CT molecular complexity index is 725. The van der Waals surface area contributed by atoms with Gasteiger partial charge in [0.15, 0.2) is 0 Å². The molecule has 2 rings (SSSR count). The Labute approximate surface area is 156 Å². The van der Waals surface area contributed by atoms with E-state index in [1.165, 1.54) is 0 Å². The van der Waals surface area contributed by atoms with Crippen LogP contribution >= 0.6 is 0 Å². The van der Waals surface area contributed by atoms with E-state index in [9.17, 15) is 10.2 Å². The fourth-order valence-corrected chi connectivity index (χ4v) is 2.74. The first-order valence-corrected chi connectivity index (χ1v) is 9.05. The van der Waals surface area contributed by atoms with E-state index in [0.717, 1.165) is 22.3 Å². The average molecular weight is 352 g/mol. The van der Waals surface area contributed by atoms with E-state index in [0.29, 0.717) is 24.6 Å². The molecule has 0 heterocycles. The maximum atomic E-state index is 10.3. The molecule has 0 saturated heterocycles. The molecule has 2 aromatic rings. The van der Waals surface area contributed by atoms with Crippen molar-refractivity contribution in [3.63, 3.8) is 0 Å². The van der Waals surface area contributed by atoms with E-state index in [1.807, 2.05) is 64.1 Å². The van der Waals surface area contributed by atoms with Crippen LogP contribution in [0.1, 0.15) is 61.8 Å². The van der Waals surface area contributed by atoms with Crippen LogP contribution in [0.3, 0.4) is 0 Å². The molecule has 2 aromatic carbocycles. The minimum absolute atomic E-state index is 0.266. The smallest absolute Gasteiger partial charge is 0.127 e. The Balaban J connectivity index is 1.95. The second-order valence-corrected chi connectivity index (χ2v) is 6.95. The summed E-state index contributed by atoms with van der Waals surface area (Å²) in [6.07, 6.45) is 3.38. The lowest BCUT2D eigenvalue weighted by Gasteiger charge is -2.09. The van der Waals surface area contributed by atoms with Crippen LogP contribution < -0.4 is 0 Å². The molecule has 0 aliphatic rings. The van der Waals surface area contributed by atoms with Gasteiger partial charge >= 0.3 is 0 Å². The maximum Gasteiger partial charge on any atom is 0.127 e. The number of rotatable bonds is 7. The Morgan fingerprint density at radius 2 is 1.12 bits per heavy atom. The molecule has 0 saturated carbocycles. The quantitative estimate of drug-likeness (QED) is 0.551. The number of aromatic hydroxyl groups is 2. The number of nitrogens with zero attached hydrogens (tertiary/aromatic N) is 2. The van der Waals surface area contributed by atoms with Gasteiger partial charge in [0.05, 0.1) is 13.1 Å². The predicted octanol–water partition coefficient (Wildman–Crippen LogP) is 4.88. The minimum atomic E-state index is 0.266. The summed E-state index contributed by atoms with van der Waals surface area (Å²) in [5, 5.41) is 20.5. The van der Waals surface area contributed by atoms with Gasteiger partial charge in [0.2, 0.25) is 0 Å². The summed E-state index contributed by atoms with van der Waals surface area (Å²) in [7, 11) is 0. The summed E-state index contributed by atoms with van der Waals surface area (Å²) in [4.78, 5) is 8.68. The highest BCUT2D eigenvalue weighted by Gasteiger charge is 2.09. The van der Waals surface area contributed by atoms with Gasteiger partial charge in [-0.1, -0.05) is 52.0 Å². The van der Waals surface area contributed by atoms with Crippen molar-refractivity contribution in [1.29, 1.82) is 0 Å². The summed E-state index contributed by atoms with van der Waals surface area (Å²) >= 11 is 0. The van der Waals surface area contributed by atoms with E-state index in [-0.39, 0.29) is 11.8 Å². The number of benzene rings is 2. The van der Waals surface area contributed by atoms with E-state index >= 15 is 0 Å². The Morgan fingerprint density at radius 3 is 1.46 bits per heavy atom. The van der Waals surface area contributed by atoms with Gasteiger partial charge in [0.25, 0.3) is 0 Å². The van der Waals surface area contributed by atoms with Crippen molar-refractivity contribution < 1.29 is 10.2 Å². The van der Waals surface area contributed by atoms with Gasteiger partial charge < -0.3 is 10.2 Å². The predicted molar refractivity (Wildman–Crippen MR) is 109 cm³/mol. The molecule has 0 bridgehead atoms. The van der Waals surface area contributed by atoms with Crippen LogP contribution in [0.25, 0.3) is 0 Å². The van der Waals surface area contributed by atoms with E-state index in [1.54, 1.807) is 12.4 Å². The van der Waals surface area contributed by atoms with Gasteiger partial charge in [-0.15, -0.1) is 0 Å². The maximum absolute atomic E-state index is 10.3. The highest BCUT2D eigenvalue weighted by molar-refractivity contribution is 5.85. The van der Waals surface area contributed by atoms with Crippen LogP contribution in [0.4, 0.5) is 0 Å². The summed E-state index contributed by atoms with van der Waals surface area (Å²) in [6, 6.07) is 11.4. The van der Waals surface area contributed by atoms with Crippen molar-refractivity contribution >= 4 is 12.4 Å². The molecule has 4 heteroatoms. The number of aliphatic imine (C=N–C) groups is 2. The van der Waals surface area contributed by atoms with Gasteiger partial charge in [0, 0.05) is 23.6 Å². The lowest BCUT2D eigenvalue weighted by molar-refractivity contribution is 0.463. The lowest BCUT2D eigenvalue weighted by Crippen LogP contribution is -1.95. The molecule has 4 nitrogen and oxygen atoms in total. The molecule has 0 unspecified atom stereocenters. The Morgan fingerprint density at radius 1 is 0.731 bits per heavy atom. The van der Waals surface area contributed by atoms with Gasteiger partial charge in [-0.3, -0.25) is 9.98 Å². The first-order chi connectivity index (χ1) is 12.4. The molecule has 0 spiro atoms. The monoisotopic (exact) mass is 352 g/mol. The summed E-state index contributed by atoms with van der Waals surface area (Å²) in [6.45, 7) is 9.24. The van der Waals surface area contributed by atoms with E-state index < -0.39 is 0 Å². The highest BCUT2D eigenvalue weighted by Crippen LogP contribution is 2.28. The first-order valence-electron chi connectivity index (χ1n) is 9.05. The van der Waals surface area contributed by atoms with Crippen LogP contribution in [0, 0.1) is 0 Å². The molecule has 0 atom stereocenters. The zero-order valence-corrected chi connectivity index (χ0v) is 16.0. The standard InChI is InChI=1S/C22H28N2O2/c1-15(2)19-9-5-7-17(21(19)25)13-23-11-12-24-14-18-8-6-10-20(16(3)4)22(18)26/h5-10,13-16,25-26H,11-12H2,1-4H3. The minimum Gasteiger partial charge on any atom is -0.507 e. The fourth-order valence-electron chi connectivity index (χ4n) is 2.74.